The van der Waals surface area contributed by atoms with Crippen LogP contribution in [0, 0.1) is 0 Å². The molecule has 2 aliphatic heterocycles. The molecule has 2 heterocycles. The SMILES string of the molecule is CCC1(CC/C=C\C[C@@H]2CC[C@H](OCc3ccccc3)[C@@H](COCc3ccccc3)N2Cc2ccccc2)OCCO1. The Balaban J connectivity index is 1.28. The Morgan fingerprint density at radius 2 is 1.40 bits per heavy atom. The molecule has 0 aromatic heterocycles. The van der Waals surface area contributed by atoms with E-state index in [1.54, 1.807) is 0 Å². The summed E-state index contributed by atoms with van der Waals surface area (Å²) >= 11 is 0. The van der Waals surface area contributed by atoms with Crippen molar-refractivity contribution in [2.75, 3.05) is 19.8 Å². The molecular weight excluding hydrogens is 522 g/mol. The highest BCUT2D eigenvalue weighted by atomic mass is 16.7. The van der Waals surface area contributed by atoms with Gasteiger partial charge in [-0.1, -0.05) is 110 Å². The Bertz CT molecular complexity index is 1180. The summed E-state index contributed by atoms with van der Waals surface area (Å²) in [6.07, 6.45) is 10.7. The predicted molar refractivity (Wildman–Crippen MR) is 168 cm³/mol. The molecule has 0 unspecified atom stereocenters. The zero-order valence-corrected chi connectivity index (χ0v) is 25.1. The maximum absolute atomic E-state index is 6.66. The second-order valence-electron chi connectivity index (χ2n) is 11.5. The molecule has 0 radical (unpaired) electrons. The normalized spacial score (nSPS) is 22.5. The first-order chi connectivity index (χ1) is 20.7. The lowest BCUT2D eigenvalue weighted by atomic mass is 9.90. The van der Waals surface area contributed by atoms with Crippen LogP contribution in [-0.2, 0) is 38.7 Å². The van der Waals surface area contributed by atoms with Gasteiger partial charge in [-0.05, 0) is 48.8 Å². The maximum Gasteiger partial charge on any atom is 0.168 e. The third kappa shape index (κ3) is 8.85. The minimum atomic E-state index is -0.390. The molecular formula is C37H47NO4. The lowest BCUT2D eigenvalue weighted by molar-refractivity contribution is -0.162. The molecule has 0 N–H and O–H groups in total. The molecule has 0 bridgehead atoms. The lowest BCUT2D eigenvalue weighted by Crippen LogP contribution is -2.55. The van der Waals surface area contributed by atoms with Gasteiger partial charge in [0, 0.05) is 19.0 Å². The Labute approximate surface area is 252 Å². The minimum Gasteiger partial charge on any atom is -0.375 e. The summed E-state index contributed by atoms with van der Waals surface area (Å²) in [5, 5.41) is 0. The predicted octanol–water partition coefficient (Wildman–Crippen LogP) is 7.70. The number of ether oxygens (including phenoxy) is 4. The van der Waals surface area contributed by atoms with Crippen LogP contribution in [0.3, 0.4) is 0 Å². The first-order valence-corrected chi connectivity index (χ1v) is 15.7. The summed E-state index contributed by atoms with van der Waals surface area (Å²) in [5.74, 6) is -0.390. The van der Waals surface area contributed by atoms with Crippen LogP contribution in [0.4, 0.5) is 0 Å². The average molecular weight is 570 g/mol. The molecule has 2 fully saturated rings. The summed E-state index contributed by atoms with van der Waals surface area (Å²) < 4.78 is 24.9. The van der Waals surface area contributed by atoms with Crippen molar-refractivity contribution in [2.45, 2.75) is 89.2 Å². The minimum absolute atomic E-state index is 0.103. The van der Waals surface area contributed by atoms with Crippen molar-refractivity contribution in [1.82, 2.24) is 4.90 Å². The molecule has 2 saturated heterocycles. The van der Waals surface area contributed by atoms with E-state index in [2.05, 4.69) is 109 Å². The van der Waals surface area contributed by atoms with E-state index in [9.17, 15) is 0 Å². The summed E-state index contributed by atoms with van der Waals surface area (Å²) in [7, 11) is 0. The molecule has 5 rings (SSSR count). The number of likely N-dealkylation sites (tertiary alicyclic amines) is 1. The Kier molecular flexibility index (Phi) is 11.8. The van der Waals surface area contributed by atoms with Gasteiger partial charge in [0.25, 0.3) is 0 Å². The molecule has 224 valence electrons. The quantitative estimate of drug-likeness (QED) is 0.175. The molecule has 0 spiro atoms. The van der Waals surface area contributed by atoms with Crippen molar-refractivity contribution >= 4 is 0 Å². The maximum atomic E-state index is 6.66. The van der Waals surface area contributed by atoms with Gasteiger partial charge in [-0.15, -0.1) is 0 Å². The number of piperidine rings is 1. The van der Waals surface area contributed by atoms with Crippen LogP contribution in [-0.4, -0.2) is 48.7 Å². The van der Waals surface area contributed by atoms with Crippen LogP contribution in [0.5, 0.6) is 0 Å². The number of allylic oxidation sites excluding steroid dienone is 1. The number of hydrogen-bond donors (Lipinski definition) is 0. The van der Waals surface area contributed by atoms with E-state index in [0.717, 1.165) is 45.1 Å². The molecule has 0 saturated carbocycles. The molecule has 5 heteroatoms. The van der Waals surface area contributed by atoms with Gasteiger partial charge in [-0.25, -0.2) is 0 Å². The van der Waals surface area contributed by atoms with E-state index in [1.807, 2.05) is 6.07 Å². The van der Waals surface area contributed by atoms with Crippen molar-refractivity contribution in [3.05, 3.63) is 120 Å². The first-order valence-electron chi connectivity index (χ1n) is 15.7. The summed E-state index contributed by atoms with van der Waals surface area (Å²) in [6.45, 7) is 6.29. The first kappa shape index (κ1) is 30.7. The second-order valence-corrected chi connectivity index (χ2v) is 11.5. The van der Waals surface area contributed by atoms with E-state index in [4.69, 9.17) is 18.9 Å². The largest absolute Gasteiger partial charge is 0.375 e. The third-order valence-corrected chi connectivity index (χ3v) is 8.64. The van der Waals surface area contributed by atoms with E-state index >= 15 is 0 Å². The van der Waals surface area contributed by atoms with E-state index in [0.29, 0.717) is 39.1 Å². The van der Waals surface area contributed by atoms with Crippen LogP contribution < -0.4 is 0 Å². The zero-order chi connectivity index (χ0) is 28.9. The Morgan fingerprint density at radius 1 is 0.786 bits per heavy atom. The van der Waals surface area contributed by atoms with Gasteiger partial charge in [-0.3, -0.25) is 4.90 Å². The van der Waals surface area contributed by atoms with Crippen LogP contribution in [0.15, 0.2) is 103 Å². The molecule has 42 heavy (non-hydrogen) atoms. The summed E-state index contributed by atoms with van der Waals surface area (Å²) in [5.41, 5.74) is 3.73. The fraction of sp³-hybridized carbons (Fsp3) is 0.459. The molecule has 3 aromatic rings. The van der Waals surface area contributed by atoms with Crippen molar-refractivity contribution in [3.8, 4) is 0 Å². The average Bonchev–Trinajstić information content (AvgIpc) is 3.52. The van der Waals surface area contributed by atoms with E-state index < -0.39 is 0 Å². The standard InChI is InChI=1S/C37H47NO4/c1-2-37(41-25-26-42-37)24-14-6-13-21-34-22-23-36(40-29-33-19-11-5-12-20-33)35(30-39-28-32-17-9-4-10-18-32)38(34)27-31-15-7-3-8-16-31/h3-13,15-20,34-36H,2,14,21-30H2,1H3/b13-6-/t34-,35-,36+/m1/s1. The van der Waals surface area contributed by atoms with Gasteiger partial charge in [0.05, 0.1) is 45.2 Å². The van der Waals surface area contributed by atoms with Crippen LogP contribution in [0.25, 0.3) is 0 Å². The number of benzene rings is 3. The topological polar surface area (TPSA) is 40.2 Å². The van der Waals surface area contributed by atoms with Gasteiger partial charge >= 0.3 is 0 Å². The van der Waals surface area contributed by atoms with Crippen molar-refractivity contribution < 1.29 is 18.9 Å². The Hall–Kier alpha value is -2.80. The third-order valence-electron chi connectivity index (χ3n) is 8.64. The molecule has 2 aliphatic rings. The van der Waals surface area contributed by atoms with Gasteiger partial charge in [0.15, 0.2) is 5.79 Å². The molecule has 3 atom stereocenters. The Morgan fingerprint density at radius 3 is 2.05 bits per heavy atom. The number of rotatable bonds is 15. The van der Waals surface area contributed by atoms with Crippen molar-refractivity contribution in [1.29, 1.82) is 0 Å². The number of nitrogens with zero attached hydrogens (tertiary/aromatic N) is 1. The van der Waals surface area contributed by atoms with E-state index in [-0.39, 0.29) is 17.9 Å². The molecule has 0 amide bonds. The highest BCUT2D eigenvalue weighted by molar-refractivity contribution is 5.16. The fourth-order valence-corrected chi connectivity index (χ4v) is 6.24. The monoisotopic (exact) mass is 569 g/mol. The summed E-state index contributed by atoms with van der Waals surface area (Å²) in [6, 6.07) is 32.4. The van der Waals surface area contributed by atoms with Crippen LogP contribution in [0.1, 0.15) is 62.1 Å². The molecule has 0 aliphatic carbocycles. The highest BCUT2D eigenvalue weighted by Gasteiger charge is 2.38. The van der Waals surface area contributed by atoms with Crippen molar-refractivity contribution in [2.24, 2.45) is 0 Å². The van der Waals surface area contributed by atoms with Gasteiger partial charge in [0.1, 0.15) is 0 Å². The number of hydrogen-bond acceptors (Lipinski definition) is 5. The smallest absolute Gasteiger partial charge is 0.168 e. The molecule has 3 aromatic carbocycles. The second kappa shape index (κ2) is 16.2. The van der Waals surface area contributed by atoms with E-state index in [1.165, 1.54) is 16.7 Å². The lowest BCUT2D eigenvalue weighted by Gasteiger charge is -2.46. The van der Waals surface area contributed by atoms with Gasteiger partial charge in [0.2, 0.25) is 0 Å². The van der Waals surface area contributed by atoms with Gasteiger partial charge in [-0.2, -0.15) is 0 Å². The van der Waals surface area contributed by atoms with Gasteiger partial charge < -0.3 is 18.9 Å². The highest BCUT2D eigenvalue weighted by Crippen LogP contribution is 2.32. The summed E-state index contributed by atoms with van der Waals surface area (Å²) in [4.78, 5) is 2.65. The fourth-order valence-electron chi connectivity index (χ4n) is 6.24. The van der Waals surface area contributed by atoms with Crippen LogP contribution >= 0.6 is 0 Å². The zero-order valence-electron chi connectivity index (χ0n) is 25.1. The van der Waals surface area contributed by atoms with Crippen LogP contribution in [0.2, 0.25) is 0 Å². The molecule has 5 nitrogen and oxygen atoms in total. The van der Waals surface area contributed by atoms with Crippen molar-refractivity contribution in [3.63, 3.8) is 0 Å².